The summed E-state index contributed by atoms with van der Waals surface area (Å²) in [7, 11) is -11.1. The Labute approximate surface area is 279 Å². The van der Waals surface area contributed by atoms with Crippen LogP contribution in [0, 0.1) is 5.82 Å². The second-order valence-electron chi connectivity index (χ2n) is 11.5. The van der Waals surface area contributed by atoms with E-state index in [1.54, 1.807) is 0 Å². The molecule has 0 saturated heterocycles. The van der Waals surface area contributed by atoms with Gasteiger partial charge < -0.3 is 8.85 Å². The lowest BCUT2D eigenvalue weighted by atomic mass is 10.3. The van der Waals surface area contributed by atoms with Crippen LogP contribution in [0.15, 0.2) is 123 Å². The number of hydrogen-bond acceptors (Lipinski definition) is 5. The van der Waals surface area contributed by atoms with Crippen LogP contribution in [0.3, 0.4) is 0 Å². The van der Waals surface area contributed by atoms with Crippen molar-refractivity contribution in [2.24, 2.45) is 0 Å². The highest BCUT2D eigenvalue weighted by molar-refractivity contribution is 8.33. The largest absolute Gasteiger partial charge is 0.544 e. The molecule has 0 radical (unpaired) electrons. The molecule has 0 bridgehead atoms. The molecule has 0 amide bonds. The Balaban J connectivity index is 1.92. The number of hydrogen-bond donors (Lipinski definition) is 0. The molecule has 0 fully saturated rings. The lowest BCUT2D eigenvalue weighted by molar-refractivity contribution is 0.507. The maximum Gasteiger partial charge on any atom is 0.307 e. The zero-order valence-electron chi connectivity index (χ0n) is 27.8. The highest BCUT2D eigenvalue weighted by Gasteiger charge is 2.39. The van der Waals surface area contributed by atoms with E-state index < -0.39 is 42.9 Å². The minimum absolute atomic E-state index is 0.115. The number of halogens is 1. The van der Waals surface area contributed by atoms with Crippen molar-refractivity contribution in [2.45, 2.75) is 97.4 Å². The van der Waals surface area contributed by atoms with Crippen molar-refractivity contribution in [3.05, 3.63) is 109 Å². The van der Waals surface area contributed by atoms with Crippen LogP contribution < -0.4 is 8.85 Å². The Kier molecular flexibility index (Phi) is 12.0. The van der Waals surface area contributed by atoms with E-state index in [2.05, 4.69) is 41.5 Å². The third kappa shape index (κ3) is 7.63. The van der Waals surface area contributed by atoms with Crippen molar-refractivity contribution >= 4 is 37.1 Å². The average molecular weight is 699 g/mol. The van der Waals surface area contributed by atoms with Crippen LogP contribution in [-0.4, -0.2) is 25.1 Å². The van der Waals surface area contributed by atoms with E-state index in [4.69, 9.17) is 12.5 Å². The second kappa shape index (κ2) is 15.3. The first-order valence-electron chi connectivity index (χ1n) is 16.2. The topological polar surface area (TPSA) is 61.8 Å². The first-order chi connectivity index (χ1) is 22.0. The third-order valence-corrected chi connectivity index (χ3v) is 23.5. The molecule has 0 aliphatic carbocycles. The molecule has 5 nitrogen and oxygen atoms in total. The molecule has 0 aromatic heterocycles. The molecule has 0 saturated carbocycles. The van der Waals surface area contributed by atoms with Crippen molar-refractivity contribution in [3.63, 3.8) is 0 Å². The quantitative estimate of drug-likeness (QED) is 0.109. The van der Waals surface area contributed by atoms with Crippen LogP contribution in [0.4, 0.5) is 4.39 Å². The van der Waals surface area contributed by atoms with Gasteiger partial charge in [-0.2, -0.15) is 8.42 Å². The van der Waals surface area contributed by atoms with Gasteiger partial charge in [-0.15, -0.1) is 0 Å². The number of benzene rings is 4. The monoisotopic (exact) mass is 698 g/mol. The Morgan fingerprint density at radius 1 is 0.500 bits per heavy atom. The van der Waals surface area contributed by atoms with E-state index in [-0.39, 0.29) is 4.90 Å². The summed E-state index contributed by atoms with van der Waals surface area (Å²) in [5.74, 6) is 1.02. The fraction of sp³-hybridized carbons (Fsp3) is 0.333. The summed E-state index contributed by atoms with van der Waals surface area (Å²) in [4.78, 5) is 1.99. The molecule has 0 heterocycles. The van der Waals surface area contributed by atoms with E-state index in [0.717, 1.165) is 59.9 Å². The molecule has 0 atom stereocenters. The van der Waals surface area contributed by atoms with Crippen molar-refractivity contribution < 1.29 is 25.3 Å². The summed E-state index contributed by atoms with van der Waals surface area (Å²) < 4.78 is 61.7. The third-order valence-electron chi connectivity index (χ3n) is 9.22. The van der Waals surface area contributed by atoms with Gasteiger partial charge in [-0.05, 0) is 132 Å². The smallest absolute Gasteiger partial charge is 0.307 e. The maximum absolute atomic E-state index is 14.1. The SMILES string of the molecule is CC[Si](CC)(CC)Oc1ccc(S(OS(=O)(=O)c2ccc(F)cc2)(c2ccccc2)c2ccc(O[Si](CC)(CC)CC)cc2)cc1. The minimum Gasteiger partial charge on any atom is -0.544 e. The van der Waals surface area contributed by atoms with Gasteiger partial charge in [0.05, 0.1) is 4.90 Å². The van der Waals surface area contributed by atoms with Gasteiger partial charge in [0.2, 0.25) is 16.6 Å². The molecule has 0 aliphatic rings. The van der Waals surface area contributed by atoms with Gasteiger partial charge in [-0.3, -0.25) is 0 Å². The lowest BCUT2D eigenvalue weighted by Crippen LogP contribution is -2.39. The number of rotatable bonds is 16. The van der Waals surface area contributed by atoms with Gasteiger partial charge in [-0.1, -0.05) is 59.7 Å². The molecule has 10 heteroatoms. The standard InChI is InChI=1S/C36H47FO5S2Si2/c1-7-45(8-2,9-3)40-31-20-26-34(27-21-31)43(33-16-14-13-15-17-33,42-44(38,39)36-24-18-30(37)19-25-36)35-28-22-32(23-29-35)41-46(10-4,11-5)12-6/h13-29H,7-12H2,1-6H3. The summed E-state index contributed by atoms with van der Waals surface area (Å²) in [5.41, 5.74) is 0. The van der Waals surface area contributed by atoms with Crippen LogP contribution in [0.2, 0.25) is 36.3 Å². The summed E-state index contributed by atoms with van der Waals surface area (Å²) in [6, 6.07) is 35.6. The van der Waals surface area contributed by atoms with Gasteiger partial charge in [0, 0.05) is 14.7 Å². The first kappa shape index (κ1) is 35.9. The molecular weight excluding hydrogens is 652 g/mol. The van der Waals surface area contributed by atoms with Crippen molar-refractivity contribution in [2.75, 3.05) is 0 Å². The zero-order valence-corrected chi connectivity index (χ0v) is 31.4. The Morgan fingerprint density at radius 2 is 0.848 bits per heavy atom. The average Bonchev–Trinajstić information content (AvgIpc) is 3.10. The fourth-order valence-electron chi connectivity index (χ4n) is 5.74. The molecule has 248 valence electrons. The van der Waals surface area contributed by atoms with E-state index in [1.165, 1.54) is 12.1 Å². The Morgan fingerprint density at radius 3 is 1.22 bits per heavy atom. The summed E-state index contributed by atoms with van der Waals surface area (Å²) in [6.07, 6.45) is 0. The fourth-order valence-corrected chi connectivity index (χ4v) is 16.1. The molecule has 0 spiro atoms. The lowest BCUT2D eigenvalue weighted by Gasteiger charge is -2.39. The van der Waals surface area contributed by atoms with E-state index in [0.29, 0.717) is 14.7 Å². The minimum atomic E-state index is -4.36. The van der Waals surface area contributed by atoms with Gasteiger partial charge >= 0.3 is 10.1 Å². The Hall–Kier alpha value is -2.90. The summed E-state index contributed by atoms with van der Waals surface area (Å²) in [5, 5.41) is 0. The molecule has 4 rings (SSSR count). The van der Waals surface area contributed by atoms with E-state index >= 15 is 0 Å². The van der Waals surface area contributed by atoms with Gasteiger partial charge in [0.1, 0.15) is 17.3 Å². The van der Waals surface area contributed by atoms with Crippen LogP contribution in [-0.2, 0) is 13.7 Å². The molecule has 4 aromatic carbocycles. The van der Waals surface area contributed by atoms with Crippen LogP contribution in [0.1, 0.15) is 41.5 Å². The van der Waals surface area contributed by atoms with Gasteiger partial charge in [0.15, 0.2) is 0 Å². The second-order valence-corrected chi connectivity index (χ2v) is 25.3. The highest BCUT2D eigenvalue weighted by Crippen LogP contribution is 2.70. The van der Waals surface area contributed by atoms with Crippen molar-refractivity contribution in [1.29, 1.82) is 0 Å². The van der Waals surface area contributed by atoms with Crippen molar-refractivity contribution in [3.8, 4) is 11.5 Å². The summed E-state index contributed by atoms with van der Waals surface area (Å²) >= 11 is 0. The van der Waals surface area contributed by atoms with Crippen LogP contribution in [0.5, 0.6) is 11.5 Å². The molecule has 0 N–H and O–H groups in total. The normalized spacial score (nSPS) is 12.9. The van der Waals surface area contributed by atoms with Gasteiger partial charge in [-0.25, -0.2) is 8.02 Å². The maximum atomic E-state index is 14.1. The highest BCUT2D eigenvalue weighted by atomic mass is 32.3. The summed E-state index contributed by atoms with van der Waals surface area (Å²) in [6.45, 7) is 13.1. The van der Waals surface area contributed by atoms with Crippen molar-refractivity contribution in [1.82, 2.24) is 0 Å². The zero-order chi connectivity index (χ0) is 33.4. The molecular formula is C36H47FO5S2Si2. The van der Waals surface area contributed by atoms with Crippen LogP contribution in [0.25, 0.3) is 0 Å². The molecule has 0 unspecified atom stereocenters. The van der Waals surface area contributed by atoms with E-state index in [1.807, 2.05) is 78.9 Å². The van der Waals surface area contributed by atoms with Gasteiger partial charge in [0.25, 0.3) is 0 Å². The predicted molar refractivity (Wildman–Crippen MR) is 192 cm³/mol. The van der Waals surface area contributed by atoms with E-state index in [9.17, 15) is 12.8 Å². The molecule has 46 heavy (non-hydrogen) atoms. The molecule has 4 aromatic rings. The first-order valence-corrected chi connectivity index (χ1v) is 24.3. The Bertz CT molecular complexity index is 1560. The predicted octanol–water partition coefficient (Wildman–Crippen LogP) is 11.2. The van der Waals surface area contributed by atoms with Crippen LogP contribution >= 0.6 is 10.3 Å². The molecule has 0 aliphatic heterocycles.